The molecule has 4 N–H and O–H groups in total. The lowest BCUT2D eigenvalue weighted by Crippen LogP contribution is -2.45. The number of carbonyl (C=O) groups excluding carboxylic acids is 1. The summed E-state index contributed by atoms with van der Waals surface area (Å²) in [6.07, 6.45) is 24.4. The molecule has 3 atom stereocenters. The van der Waals surface area contributed by atoms with Crippen LogP contribution in [0.25, 0.3) is 0 Å². The number of carbonyl (C=O) groups is 1. The van der Waals surface area contributed by atoms with Crippen LogP contribution < -0.4 is 5.32 Å². The summed E-state index contributed by atoms with van der Waals surface area (Å²) in [5.41, 5.74) is 0. The van der Waals surface area contributed by atoms with Gasteiger partial charge in [0.15, 0.2) is 0 Å². The van der Waals surface area contributed by atoms with Crippen molar-refractivity contribution in [3.05, 3.63) is 24.3 Å². The first kappa shape index (κ1) is 31.8. The van der Waals surface area contributed by atoms with E-state index in [0.717, 1.165) is 44.9 Å². The molecular formula is C28H53NO4. The molecule has 0 fully saturated rings. The summed E-state index contributed by atoms with van der Waals surface area (Å²) < 4.78 is 0. The molecule has 0 aliphatic heterocycles. The molecule has 0 aliphatic carbocycles. The Balaban J connectivity index is 3.92. The number of allylic oxidation sites excluding steroid dienone is 3. The second kappa shape index (κ2) is 24.0. The highest BCUT2D eigenvalue weighted by atomic mass is 16.3. The molecule has 5 heteroatoms. The molecule has 0 radical (unpaired) electrons. The zero-order valence-corrected chi connectivity index (χ0v) is 21.5. The first-order chi connectivity index (χ1) is 16.0. The Bertz CT molecular complexity index is 492. The van der Waals surface area contributed by atoms with Gasteiger partial charge in [0.25, 0.3) is 0 Å². The first-order valence-electron chi connectivity index (χ1n) is 13.6. The molecule has 0 rings (SSSR count). The summed E-state index contributed by atoms with van der Waals surface area (Å²) in [6, 6.07) is -0.741. The lowest BCUT2D eigenvalue weighted by molar-refractivity contribution is -0.124. The third kappa shape index (κ3) is 21.1. The fourth-order valence-electron chi connectivity index (χ4n) is 3.79. The van der Waals surface area contributed by atoms with Gasteiger partial charge in [-0.15, -0.1) is 0 Å². The Morgan fingerprint density at radius 2 is 1.30 bits per heavy atom. The molecule has 1 amide bonds. The average molecular weight is 468 g/mol. The summed E-state index contributed by atoms with van der Waals surface area (Å²) in [5, 5.41) is 32.6. The van der Waals surface area contributed by atoms with E-state index < -0.39 is 18.2 Å². The maximum Gasteiger partial charge on any atom is 0.222 e. The minimum Gasteiger partial charge on any atom is -0.394 e. The standard InChI is InChI=1S/C28H53NO4/c1-3-5-7-9-11-13-15-17-19-21-25(31)23-28(33)29-26(24-30)27(32)22-20-18-16-14-12-10-8-6-4-2/h9,11,20,22,25-27,30-32H,3-8,10,12-19,21,23-24H2,1-2H3,(H,29,33)/b11-9-,22-20+. The zero-order chi connectivity index (χ0) is 24.6. The maximum absolute atomic E-state index is 12.2. The predicted molar refractivity (Wildman–Crippen MR) is 139 cm³/mol. The van der Waals surface area contributed by atoms with Gasteiger partial charge in [-0.05, 0) is 38.5 Å². The fourth-order valence-corrected chi connectivity index (χ4v) is 3.79. The molecule has 194 valence electrons. The third-order valence-electron chi connectivity index (χ3n) is 5.98. The normalized spacial score (nSPS) is 14.7. The number of unbranched alkanes of at least 4 members (excludes halogenated alkanes) is 12. The number of aliphatic hydroxyl groups excluding tert-OH is 3. The van der Waals surface area contributed by atoms with E-state index in [1.807, 2.05) is 6.08 Å². The number of nitrogens with one attached hydrogen (secondary N) is 1. The van der Waals surface area contributed by atoms with Crippen LogP contribution in [0, 0.1) is 0 Å². The summed E-state index contributed by atoms with van der Waals surface area (Å²) in [6.45, 7) is 4.08. The van der Waals surface area contributed by atoms with Gasteiger partial charge in [0.2, 0.25) is 5.91 Å². The molecule has 0 spiro atoms. The van der Waals surface area contributed by atoms with Crippen molar-refractivity contribution >= 4 is 5.91 Å². The molecule has 0 heterocycles. The smallest absolute Gasteiger partial charge is 0.222 e. The quantitative estimate of drug-likeness (QED) is 0.110. The van der Waals surface area contributed by atoms with E-state index in [4.69, 9.17) is 0 Å². The van der Waals surface area contributed by atoms with Gasteiger partial charge in [-0.25, -0.2) is 0 Å². The van der Waals surface area contributed by atoms with Crippen LogP contribution in [-0.2, 0) is 4.79 Å². The van der Waals surface area contributed by atoms with Crippen LogP contribution in [0.5, 0.6) is 0 Å². The van der Waals surface area contributed by atoms with E-state index in [9.17, 15) is 20.1 Å². The van der Waals surface area contributed by atoms with E-state index in [-0.39, 0.29) is 18.9 Å². The molecule has 0 aliphatic rings. The van der Waals surface area contributed by atoms with Crippen LogP contribution >= 0.6 is 0 Å². The van der Waals surface area contributed by atoms with E-state index >= 15 is 0 Å². The molecule has 0 saturated carbocycles. The summed E-state index contributed by atoms with van der Waals surface area (Å²) in [5.74, 6) is -0.333. The summed E-state index contributed by atoms with van der Waals surface area (Å²) in [4.78, 5) is 12.2. The van der Waals surface area contributed by atoms with Gasteiger partial charge in [-0.1, -0.05) is 102 Å². The minimum atomic E-state index is -0.925. The van der Waals surface area contributed by atoms with E-state index in [2.05, 4.69) is 31.3 Å². The number of hydrogen-bond acceptors (Lipinski definition) is 4. The molecular weight excluding hydrogens is 414 g/mol. The van der Waals surface area contributed by atoms with Crippen LogP contribution in [0.2, 0.25) is 0 Å². The number of aliphatic hydroxyl groups is 3. The Kier molecular flexibility index (Phi) is 23.1. The second-order valence-electron chi connectivity index (χ2n) is 9.29. The van der Waals surface area contributed by atoms with Gasteiger partial charge >= 0.3 is 0 Å². The Morgan fingerprint density at radius 3 is 1.94 bits per heavy atom. The maximum atomic E-state index is 12.2. The van der Waals surface area contributed by atoms with Gasteiger partial charge in [0.1, 0.15) is 0 Å². The van der Waals surface area contributed by atoms with Crippen molar-refractivity contribution in [1.29, 1.82) is 0 Å². The number of amides is 1. The van der Waals surface area contributed by atoms with E-state index in [1.165, 1.54) is 51.4 Å². The van der Waals surface area contributed by atoms with Crippen molar-refractivity contribution in [1.82, 2.24) is 5.32 Å². The molecule has 0 bridgehead atoms. The Hall–Kier alpha value is -1.17. The highest BCUT2D eigenvalue weighted by Gasteiger charge is 2.19. The molecule has 0 aromatic rings. The van der Waals surface area contributed by atoms with Crippen LogP contribution in [0.4, 0.5) is 0 Å². The molecule has 0 aromatic heterocycles. The highest BCUT2D eigenvalue weighted by molar-refractivity contribution is 5.76. The Morgan fingerprint density at radius 1 is 0.758 bits per heavy atom. The van der Waals surface area contributed by atoms with Gasteiger partial charge in [-0.3, -0.25) is 4.79 Å². The van der Waals surface area contributed by atoms with Crippen LogP contribution in [0.15, 0.2) is 24.3 Å². The van der Waals surface area contributed by atoms with Crippen molar-refractivity contribution in [3.8, 4) is 0 Å². The van der Waals surface area contributed by atoms with Gasteiger partial charge in [0.05, 0.1) is 31.3 Å². The number of hydrogen-bond donors (Lipinski definition) is 4. The molecule has 0 aromatic carbocycles. The fraction of sp³-hybridized carbons (Fsp3) is 0.821. The van der Waals surface area contributed by atoms with E-state index in [1.54, 1.807) is 6.08 Å². The van der Waals surface area contributed by atoms with Crippen LogP contribution in [0.3, 0.4) is 0 Å². The van der Waals surface area contributed by atoms with Crippen LogP contribution in [0.1, 0.15) is 123 Å². The summed E-state index contributed by atoms with van der Waals surface area (Å²) >= 11 is 0. The van der Waals surface area contributed by atoms with Gasteiger partial charge < -0.3 is 20.6 Å². The first-order valence-corrected chi connectivity index (χ1v) is 13.6. The summed E-state index contributed by atoms with van der Waals surface area (Å²) in [7, 11) is 0. The van der Waals surface area contributed by atoms with Crippen molar-refractivity contribution in [2.45, 2.75) is 141 Å². The molecule has 0 saturated heterocycles. The number of rotatable bonds is 23. The van der Waals surface area contributed by atoms with E-state index in [0.29, 0.717) is 6.42 Å². The van der Waals surface area contributed by atoms with Crippen molar-refractivity contribution in [3.63, 3.8) is 0 Å². The Labute approximate surface area is 203 Å². The van der Waals surface area contributed by atoms with Crippen molar-refractivity contribution < 1.29 is 20.1 Å². The largest absolute Gasteiger partial charge is 0.394 e. The van der Waals surface area contributed by atoms with Crippen LogP contribution in [-0.4, -0.2) is 46.1 Å². The van der Waals surface area contributed by atoms with Crippen molar-refractivity contribution in [2.75, 3.05) is 6.61 Å². The SMILES string of the molecule is CCCC/C=C\CCCCCC(O)CC(=O)NC(CO)C(O)/C=C/CCCCCCCCC. The predicted octanol–water partition coefficient (Wildman–Crippen LogP) is 5.97. The van der Waals surface area contributed by atoms with Gasteiger partial charge in [-0.2, -0.15) is 0 Å². The monoisotopic (exact) mass is 467 g/mol. The van der Waals surface area contributed by atoms with Gasteiger partial charge in [0, 0.05) is 0 Å². The second-order valence-corrected chi connectivity index (χ2v) is 9.29. The lowest BCUT2D eigenvalue weighted by Gasteiger charge is -2.21. The average Bonchev–Trinajstić information content (AvgIpc) is 2.80. The molecule has 3 unspecified atom stereocenters. The molecule has 33 heavy (non-hydrogen) atoms. The zero-order valence-electron chi connectivity index (χ0n) is 21.5. The molecule has 5 nitrogen and oxygen atoms in total. The topological polar surface area (TPSA) is 89.8 Å². The highest BCUT2D eigenvalue weighted by Crippen LogP contribution is 2.11. The minimum absolute atomic E-state index is 0.00187. The van der Waals surface area contributed by atoms with Crippen molar-refractivity contribution in [2.24, 2.45) is 0 Å². The lowest BCUT2D eigenvalue weighted by atomic mass is 10.1. The third-order valence-corrected chi connectivity index (χ3v) is 5.98.